The molecular formula is C27H29F3N2. The van der Waals surface area contributed by atoms with Gasteiger partial charge in [0.05, 0.1) is 11.6 Å². The first-order valence-electron chi connectivity index (χ1n) is 10.7. The van der Waals surface area contributed by atoms with Gasteiger partial charge in [-0.1, -0.05) is 78.9 Å². The van der Waals surface area contributed by atoms with Crippen molar-refractivity contribution in [1.29, 1.82) is 0 Å². The predicted molar refractivity (Wildman–Crippen MR) is 124 cm³/mol. The smallest absolute Gasteiger partial charge is 0.390 e. The van der Waals surface area contributed by atoms with Crippen LogP contribution in [-0.2, 0) is 12.6 Å². The summed E-state index contributed by atoms with van der Waals surface area (Å²) in [7, 11) is 1.82. The van der Waals surface area contributed by atoms with Gasteiger partial charge in [0.2, 0.25) is 0 Å². The molecule has 32 heavy (non-hydrogen) atoms. The Morgan fingerprint density at radius 3 is 2.06 bits per heavy atom. The van der Waals surface area contributed by atoms with Gasteiger partial charge in [-0.05, 0) is 48.6 Å². The average Bonchev–Trinajstić information content (AvgIpc) is 2.80. The number of rotatable bonds is 9. The minimum absolute atomic E-state index is 0.158. The Labute approximate surface area is 188 Å². The number of aryl methyl sites for hydroxylation is 2. The summed E-state index contributed by atoms with van der Waals surface area (Å²) in [5, 5.41) is 6.76. The van der Waals surface area contributed by atoms with Gasteiger partial charge < -0.3 is 5.32 Å². The first-order chi connectivity index (χ1) is 15.3. The Bertz CT molecular complexity index is 994. The van der Waals surface area contributed by atoms with Crippen LogP contribution in [0.4, 0.5) is 13.2 Å². The van der Waals surface area contributed by atoms with E-state index in [4.69, 9.17) is 0 Å². The minimum Gasteiger partial charge on any atom is -0.390 e. The molecule has 2 N–H and O–H groups in total. The second-order valence-corrected chi connectivity index (χ2v) is 7.98. The Kier molecular flexibility index (Phi) is 7.75. The van der Waals surface area contributed by atoms with Gasteiger partial charge in [-0.3, -0.25) is 5.32 Å². The summed E-state index contributed by atoms with van der Waals surface area (Å²) < 4.78 is 39.2. The monoisotopic (exact) mass is 438 g/mol. The van der Waals surface area contributed by atoms with Crippen LogP contribution in [0.25, 0.3) is 0 Å². The van der Waals surface area contributed by atoms with Gasteiger partial charge in [0.15, 0.2) is 0 Å². The third-order valence-electron chi connectivity index (χ3n) is 5.65. The van der Waals surface area contributed by atoms with E-state index in [2.05, 4.69) is 41.5 Å². The second kappa shape index (κ2) is 10.5. The summed E-state index contributed by atoms with van der Waals surface area (Å²) in [5.41, 5.74) is 4.40. The third-order valence-corrected chi connectivity index (χ3v) is 5.65. The van der Waals surface area contributed by atoms with Gasteiger partial charge in [0, 0.05) is 18.8 Å². The highest BCUT2D eigenvalue weighted by molar-refractivity contribution is 5.31. The van der Waals surface area contributed by atoms with Crippen LogP contribution in [0.2, 0.25) is 0 Å². The summed E-state index contributed by atoms with van der Waals surface area (Å²) in [6.07, 6.45) is -2.82. The Morgan fingerprint density at radius 1 is 0.875 bits per heavy atom. The van der Waals surface area contributed by atoms with Crippen LogP contribution in [0, 0.1) is 6.92 Å². The molecule has 5 heteroatoms. The lowest BCUT2D eigenvalue weighted by atomic mass is 9.95. The molecule has 3 aromatic carbocycles. The fourth-order valence-corrected chi connectivity index (χ4v) is 3.71. The van der Waals surface area contributed by atoms with Crippen molar-refractivity contribution >= 4 is 0 Å². The normalized spacial score (nSPS) is 13.4. The van der Waals surface area contributed by atoms with E-state index in [1.807, 2.05) is 44.3 Å². The number of nitrogens with one attached hydrogen (secondary N) is 2. The molecule has 2 atom stereocenters. The summed E-state index contributed by atoms with van der Waals surface area (Å²) in [4.78, 5) is 0. The number of alkyl halides is 3. The highest BCUT2D eigenvalue weighted by atomic mass is 19.4. The van der Waals surface area contributed by atoms with Crippen molar-refractivity contribution in [2.75, 3.05) is 7.05 Å². The molecule has 0 aliphatic heterocycles. The number of halogens is 3. The lowest BCUT2D eigenvalue weighted by Crippen LogP contribution is -2.31. The number of hydrogen-bond acceptors (Lipinski definition) is 2. The molecule has 1 unspecified atom stereocenters. The van der Waals surface area contributed by atoms with Crippen LogP contribution >= 0.6 is 0 Å². The highest BCUT2D eigenvalue weighted by Gasteiger charge is 2.30. The van der Waals surface area contributed by atoms with Gasteiger partial charge in [-0.2, -0.15) is 13.2 Å². The van der Waals surface area contributed by atoms with Crippen LogP contribution in [0.3, 0.4) is 0 Å². The molecule has 3 rings (SSSR count). The first-order valence-corrected chi connectivity index (χ1v) is 10.7. The van der Waals surface area contributed by atoms with Crippen LogP contribution in [0.5, 0.6) is 0 Å². The standard InChI is InChI=1S/C27H29F3N2/c1-19-9-11-21(12-10-19)13-18-25(22-14-16-24(17-15-22)27(28,29)30)32-26(20(2)31-3)23-7-5-4-6-8-23/h4-12,14-17,25-26,31-32H,2,13,18H2,1,3H3/t25?,26-/m1/s1. The van der Waals surface area contributed by atoms with E-state index in [1.54, 1.807) is 12.1 Å². The molecule has 3 aromatic rings. The maximum atomic E-state index is 13.1. The molecule has 0 amide bonds. The van der Waals surface area contributed by atoms with Crippen molar-refractivity contribution in [3.8, 4) is 0 Å². The van der Waals surface area contributed by atoms with Crippen molar-refractivity contribution in [3.05, 3.63) is 119 Å². The number of benzene rings is 3. The van der Waals surface area contributed by atoms with Gasteiger partial charge in [-0.25, -0.2) is 0 Å². The Balaban J connectivity index is 1.89. The van der Waals surface area contributed by atoms with E-state index in [-0.39, 0.29) is 12.1 Å². The zero-order chi connectivity index (χ0) is 23.1. The molecule has 168 valence electrons. The van der Waals surface area contributed by atoms with Crippen LogP contribution in [0.15, 0.2) is 91.1 Å². The molecule has 0 spiro atoms. The zero-order valence-electron chi connectivity index (χ0n) is 18.4. The summed E-state index contributed by atoms with van der Waals surface area (Å²) in [6, 6.07) is 23.4. The maximum absolute atomic E-state index is 13.1. The topological polar surface area (TPSA) is 24.1 Å². The van der Waals surface area contributed by atoms with Gasteiger partial charge >= 0.3 is 6.18 Å². The molecule has 0 heterocycles. The van der Waals surface area contributed by atoms with Crippen molar-refractivity contribution < 1.29 is 13.2 Å². The molecule has 0 radical (unpaired) electrons. The second-order valence-electron chi connectivity index (χ2n) is 7.98. The van der Waals surface area contributed by atoms with Crippen LogP contribution in [0.1, 0.15) is 46.3 Å². The third kappa shape index (κ3) is 6.24. The summed E-state index contributed by atoms with van der Waals surface area (Å²) >= 11 is 0. The Morgan fingerprint density at radius 2 is 1.50 bits per heavy atom. The van der Waals surface area contributed by atoms with Crippen molar-refractivity contribution in [1.82, 2.24) is 10.6 Å². The number of likely N-dealkylation sites (N-methyl/N-ethyl adjacent to an activating group) is 1. The summed E-state index contributed by atoms with van der Waals surface area (Å²) in [5.74, 6) is 0. The highest BCUT2D eigenvalue weighted by Crippen LogP contribution is 2.32. The largest absolute Gasteiger partial charge is 0.416 e. The van der Waals surface area contributed by atoms with Gasteiger partial charge in [0.1, 0.15) is 0 Å². The summed E-state index contributed by atoms with van der Waals surface area (Å²) in [6.45, 7) is 6.19. The van der Waals surface area contributed by atoms with Crippen molar-refractivity contribution in [2.24, 2.45) is 0 Å². The molecule has 0 bridgehead atoms. The maximum Gasteiger partial charge on any atom is 0.416 e. The van der Waals surface area contributed by atoms with E-state index in [0.29, 0.717) is 0 Å². The van der Waals surface area contributed by atoms with E-state index in [1.165, 1.54) is 11.1 Å². The fourth-order valence-electron chi connectivity index (χ4n) is 3.71. The number of hydrogen-bond donors (Lipinski definition) is 2. The lowest BCUT2D eigenvalue weighted by molar-refractivity contribution is -0.137. The van der Waals surface area contributed by atoms with Crippen molar-refractivity contribution in [2.45, 2.75) is 38.0 Å². The van der Waals surface area contributed by atoms with E-state index >= 15 is 0 Å². The molecule has 2 nitrogen and oxygen atoms in total. The molecule has 0 saturated heterocycles. The fraction of sp³-hybridized carbons (Fsp3) is 0.259. The predicted octanol–water partition coefficient (Wildman–Crippen LogP) is 6.75. The molecule has 0 aliphatic carbocycles. The zero-order valence-corrected chi connectivity index (χ0v) is 18.4. The average molecular weight is 439 g/mol. The Hall–Kier alpha value is -3.05. The lowest BCUT2D eigenvalue weighted by Gasteiger charge is -2.28. The first kappa shape index (κ1) is 23.6. The van der Waals surface area contributed by atoms with Crippen LogP contribution in [-0.4, -0.2) is 7.05 Å². The SMILES string of the molecule is C=C(NC)[C@@H](NC(CCc1ccc(C)cc1)c1ccc(C(F)(F)F)cc1)c1ccccc1. The quantitative estimate of drug-likeness (QED) is 0.386. The molecule has 0 aromatic heterocycles. The van der Waals surface area contributed by atoms with Gasteiger partial charge in [-0.15, -0.1) is 0 Å². The van der Waals surface area contributed by atoms with E-state index in [0.717, 1.165) is 41.8 Å². The molecule has 0 fully saturated rings. The van der Waals surface area contributed by atoms with Crippen molar-refractivity contribution in [3.63, 3.8) is 0 Å². The molecular weight excluding hydrogens is 409 g/mol. The van der Waals surface area contributed by atoms with Gasteiger partial charge in [0.25, 0.3) is 0 Å². The van der Waals surface area contributed by atoms with E-state index < -0.39 is 11.7 Å². The minimum atomic E-state index is -4.35. The molecule has 0 saturated carbocycles. The van der Waals surface area contributed by atoms with E-state index in [9.17, 15) is 13.2 Å². The van der Waals surface area contributed by atoms with Crippen LogP contribution < -0.4 is 10.6 Å². The molecule has 0 aliphatic rings.